The Morgan fingerprint density at radius 3 is 2.36 bits per heavy atom. The summed E-state index contributed by atoms with van der Waals surface area (Å²) in [5, 5.41) is 11.2. The third-order valence-electron chi connectivity index (χ3n) is 5.61. The maximum Gasteiger partial charge on any atom is 0.251 e. The van der Waals surface area contributed by atoms with E-state index in [9.17, 15) is 4.79 Å². The SMILES string of the molecule is Cc1nnc(-c2ccccc2-c2ccc(C(=O)N[C@@H](C)C3CCCC3)cc2)o1. The molecule has 0 aliphatic heterocycles. The van der Waals surface area contributed by atoms with Gasteiger partial charge in [-0.3, -0.25) is 4.79 Å². The fraction of sp³-hybridized carbons (Fsp3) is 0.348. The number of aryl methyl sites for hydroxylation is 1. The minimum absolute atomic E-state index is 0.00763. The summed E-state index contributed by atoms with van der Waals surface area (Å²) in [6.45, 7) is 3.89. The van der Waals surface area contributed by atoms with Crippen LogP contribution in [-0.2, 0) is 0 Å². The average Bonchev–Trinajstić information content (AvgIpc) is 3.40. The quantitative estimate of drug-likeness (QED) is 0.680. The van der Waals surface area contributed by atoms with Gasteiger partial charge in [0.05, 0.1) is 0 Å². The third-order valence-corrected chi connectivity index (χ3v) is 5.61. The van der Waals surface area contributed by atoms with Crippen molar-refractivity contribution < 1.29 is 9.21 Å². The van der Waals surface area contributed by atoms with Crippen LogP contribution in [-0.4, -0.2) is 22.1 Å². The monoisotopic (exact) mass is 375 g/mol. The van der Waals surface area contributed by atoms with Crippen LogP contribution in [0.15, 0.2) is 52.9 Å². The zero-order chi connectivity index (χ0) is 19.5. The number of carbonyl (C=O) groups is 1. The zero-order valence-corrected chi connectivity index (χ0v) is 16.3. The van der Waals surface area contributed by atoms with E-state index in [0.29, 0.717) is 23.3 Å². The Hall–Kier alpha value is -2.95. The van der Waals surface area contributed by atoms with Crippen molar-refractivity contribution in [2.24, 2.45) is 5.92 Å². The predicted octanol–water partition coefficient (Wildman–Crippen LogP) is 5.02. The van der Waals surface area contributed by atoms with Crippen LogP contribution in [0.25, 0.3) is 22.6 Å². The molecule has 1 saturated carbocycles. The van der Waals surface area contributed by atoms with E-state index in [1.54, 1.807) is 6.92 Å². The molecule has 1 fully saturated rings. The molecule has 0 unspecified atom stereocenters. The van der Waals surface area contributed by atoms with Crippen LogP contribution < -0.4 is 5.32 Å². The molecule has 5 heteroatoms. The lowest BCUT2D eigenvalue weighted by molar-refractivity contribution is 0.0927. The normalized spacial score (nSPS) is 15.5. The van der Waals surface area contributed by atoms with Crippen molar-refractivity contribution in [3.8, 4) is 22.6 Å². The summed E-state index contributed by atoms with van der Waals surface area (Å²) in [5.41, 5.74) is 3.57. The van der Waals surface area contributed by atoms with Crippen LogP contribution in [0.4, 0.5) is 0 Å². The summed E-state index contributed by atoms with van der Waals surface area (Å²) in [6.07, 6.45) is 4.98. The minimum atomic E-state index is -0.00763. The van der Waals surface area contributed by atoms with Crippen molar-refractivity contribution in [2.75, 3.05) is 0 Å². The van der Waals surface area contributed by atoms with E-state index < -0.39 is 0 Å². The minimum Gasteiger partial charge on any atom is -0.421 e. The van der Waals surface area contributed by atoms with Crippen molar-refractivity contribution in [1.29, 1.82) is 0 Å². The molecule has 144 valence electrons. The Labute approximate surface area is 165 Å². The second-order valence-electron chi connectivity index (χ2n) is 7.56. The number of benzene rings is 2. The number of nitrogens with zero attached hydrogens (tertiary/aromatic N) is 2. The van der Waals surface area contributed by atoms with E-state index in [1.807, 2.05) is 48.5 Å². The summed E-state index contributed by atoms with van der Waals surface area (Å²) in [4.78, 5) is 12.6. The van der Waals surface area contributed by atoms with Crippen molar-refractivity contribution in [1.82, 2.24) is 15.5 Å². The molecule has 0 spiro atoms. The zero-order valence-electron chi connectivity index (χ0n) is 16.3. The Balaban J connectivity index is 1.53. The summed E-state index contributed by atoms with van der Waals surface area (Å²) in [5.74, 6) is 1.63. The predicted molar refractivity (Wildman–Crippen MR) is 109 cm³/mol. The van der Waals surface area contributed by atoms with E-state index in [-0.39, 0.29) is 11.9 Å². The molecule has 0 radical (unpaired) electrons. The first-order chi connectivity index (χ1) is 13.6. The molecule has 1 amide bonds. The van der Waals surface area contributed by atoms with Gasteiger partial charge < -0.3 is 9.73 Å². The third kappa shape index (κ3) is 3.84. The van der Waals surface area contributed by atoms with Crippen molar-refractivity contribution >= 4 is 5.91 Å². The molecule has 1 aromatic heterocycles. The first-order valence-corrected chi connectivity index (χ1v) is 9.92. The molecule has 1 aliphatic carbocycles. The van der Waals surface area contributed by atoms with E-state index >= 15 is 0 Å². The highest BCUT2D eigenvalue weighted by atomic mass is 16.4. The average molecular weight is 375 g/mol. The maximum absolute atomic E-state index is 12.6. The van der Waals surface area contributed by atoms with Gasteiger partial charge in [-0.05, 0) is 55.0 Å². The van der Waals surface area contributed by atoms with Crippen molar-refractivity contribution in [3.63, 3.8) is 0 Å². The van der Waals surface area contributed by atoms with Gasteiger partial charge in [0.25, 0.3) is 5.91 Å². The van der Waals surface area contributed by atoms with Gasteiger partial charge in [-0.1, -0.05) is 43.2 Å². The topological polar surface area (TPSA) is 68.0 Å². The van der Waals surface area contributed by atoms with Gasteiger partial charge in [-0.2, -0.15) is 0 Å². The maximum atomic E-state index is 12.6. The lowest BCUT2D eigenvalue weighted by atomic mass is 9.97. The van der Waals surface area contributed by atoms with Crippen LogP contribution in [0.2, 0.25) is 0 Å². The molecule has 3 aromatic rings. The fourth-order valence-electron chi connectivity index (χ4n) is 3.99. The first-order valence-electron chi connectivity index (χ1n) is 9.92. The van der Waals surface area contributed by atoms with E-state index in [0.717, 1.165) is 16.7 Å². The molecular formula is C23H25N3O2. The molecule has 4 rings (SSSR count). The largest absolute Gasteiger partial charge is 0.421 e. The van der Waals surface area contributed by atoms with Crippen molar-refractivity contribution in [2.45, 2.75) is 45.6 Å². The summed E-state index contributed by atoms with van der Waals surface area (Å²) < 4.78 is 5.60. The summed E-state index contributed by atoms with van der Waals surface area (Å²) >= 11 is 0. The van der Waals surface area contributed by atoms with Crippen LogP contribution in [0.1, 0.15) is 48.9 Å². The second-order valence-corrected chi connectivity index (χ2v) is 7.56. The molecular weight excluding hydrogens is 350 g/mol. The van der Waals surface area contributed by atoms with Crippen LogP contribution >= 0.6 is 0 Å². The Kier molecular flexibility index (Phi) is 5.24. The lowest BCUT2D eigenvalue weighted by Gasteiger charge is -2.20. The van der Waals surface area contributed by atoms with E-state index in [4.69, 9.17) is 4.42 Å². The number of amides is 1. The van der Waals surface area contributed by atoms with Crippen LogP contribution in [0, 0.1) is 12.8 Å². The molecule has 28 heavy (non-hydrogen) atoms. The van der Waals surface area contributed by atoms with Crippen LogP contribution in [0.3, 0.4) is 0 Å². The molecule has 1 atom stereocenters. The summed E-state index contributed by atoms with van der Waals surface area (Å²) in [6, 6.07) is 15.8. The number of nitrogens with one attached hydrogen (secondary N) is 1. The molecule has 2 aromatic carbocycles. The van der Waals surface area contributed by atoms with Gasteiger partial charge in [0.15, 0.2) is 0 Å². The molecule has 1 aliphatic rings. The molecule has 0 bridgehead atoms. The second kappa shape index (κ2) is 7.97. The molecule has 1 heterocycles. The van der Waals surface area contributed by atoms with Gasteiger partial charge in [0.1, 0.15) is 0 Å². The van der Waals surface area contributed by atoms with Crippen molar-refractivity contribution in [3.05, 3.63) is 60.0 Å². The van der Waals surface area contributed by atoms with Gasteiger partial charge in [-0.25, -0.2) is 0 Å². The summed E-state index contributed by atoms with van der Waals surface area (Å²) in [7, 11) is 0. The number of carbonyl (C=O) groups excluding carboxylic acids is 1. The highest BCUT2D eigenvalue weighted by Crippen LogP contribution is 2.31. The van der Waals surface area contributed by atoms with E-state index in [2.05, 4.69) is 22.4 Å². The first kappa shape index (κ1) is 18.4. The standard InChI is InChI=1S/C23H25N3O2/c1-15(17-7-3-4-8-17)24-22(27)19-13-11-18(12-14-19)20-9-5-6-10-21(20)23-26-25-16(2)28-23/h5-6,9-15,17H,3-4,7-8H2,1-2H3,(H,24,27)/t15-/m0/s1. The lowest BCUT2D eigenvalue weighted by Crippen LogP contribution is -2.37. The number of hydrogen-bond acceptors (Lipinski definition) is 4. The smallest absolute Gasteiger partial charge is 0.251 e. The Bertz CT molecular complexity index is 956. The molecule has 1 N–H and O–H groups in total. The Morgan fingerprint density at radius 1 is 1.04 bits per heavy atom. The highest BCUT2D eigenvalue weighted by molar-refractivity contribution is 5.95. The number of rotatable bonds is 5. The Morgan fingerprint density at radius 2 is 1.71 bits per heavy atom. The number of aromatic nitrogens is 2. The van der Waals surface area contributed by atoms with Gasteiger partial charge in [0, 0.05) is 24.1 Å². The highest BCUT2D eigenvalue weighted by Gasteiger charge is 2.23. The van der Waals surface area contributed by atoms with Crippen LogP contribution in [0.5, 0.6) is 0 Å². The van der Waals surface area contributed by atoms with Gasteiger partial charge in [0.2, 0.25) is 11.8 Å². The van der Waals surface area contributed by atoms with E-state index in [1.165, 1.54) is 25.7 Å². The van der Waals surface area contributed by atoms with Gasteiger partial charge in [-0.15, -0.1) is 10.2 Å². The molecule has 0 saturated heterocycles. The molecule has 5 nitrogen and oxygen atoms in total. The van der Waals surface area contributed by atoms with Gasteiger partial charge >= 0.3 is 0 Å². The fourth-order valence-corrected chi connectivity index (χ4v) is 3.99. The number of hydrogen-bond donors (Lipinski definition) is 1.